The van der Waals surface area contributed by atoms with Crippen molar-refractivity contribution in [1.29, 1.82) is 0 Å². The van der Waals surface area contributed by atoms with Gasteiger partial charge in [-0.05, 0) is 53.1 Å². The van der Waals surface area contributed by atoms with Crippen molar-refractivity contribution in [1.82, 2.24) is 20.5 Å². The molecular weight excluding hydrogens is 556 g/mol. The van der Waals surface area contributed by atoms with E-state index in [-0.39, 0.29) is 37.0 Å². The largest absolute Gasteiger partial charge is 0.488 e. The lowest BCUT2D eigenvalue weighted by Crippen LogP contribution is -2.58. The predicted molar refractivity (Wildman–Crippen MR) is 166 cm³/mol. The molecule has 3 aliphatic rings. The Kier molecular flexibility index (Phi) is 8.63. The summed E-state index contributed by atoms with van der Waals surface area (Å²) in [6.07, 6.45) is 6.69. The minimum Gasteiger partial charge on any atom is -0.488 e. The maximum absolute atomic E-state index is 13.6. The molecule has 3 amide bonds. The van der Waals surface area contributed by atoms with Crippen molar-refractivity contribution in [2.75, 3.05) is 19.7 Å². The first kappa shape index (κ1) is 28.7. The number of nitrogens with zero attached hydrogens (tertiary/aromatic N) is 2. The minimum absolute atomic E-state index is 0.129. The van der Waals surface area contributed by atoms with Gasteiger partial charge in [-0.2, -0.15) is 0 Å². The van der Waals surface area contributed by atoms with E-state index in [0.29, 0.717) is 36.6 Å². The average molecular weight is 589 g/mol. The van der Waals surface area contributed by atoms with Gasteiger partial charge in [-0.1, -0.05) is 54.6 Å². The second-order valence-electron chi connectivity index (χ2n) is 10.8. The van der Waals surface area contributed by atoms with Crippen molar-refractivity contribution < 1.29 is 23.9 Å². The summed E-state index contributed by atoms with van der Waals surface area (Å²) in [5.41, 5.74) is 3.73. The third-order valence-corrected chi connectivity index (χ3v) is 7.63. The van der Waals surface area contributed by atoms with Crippen molar-refractivity contribution >= 4 is 23.8 Å². The van der Waals surface area contributed by atoms with E-state index in [2.05, 4.69) is 15.6 Å². The van der Waals surface area contributed by atoms with E-state index in [1.165, 1.54) is 6.20 Å². The van der Waals surface area contributed by atoms with Crippen molar-refractivity contribution in [2.45, 2.75) is 25.1 Å². The number of nitrogens with one attached hydrogen (secondary N) is 2. The van der Waals surface area contributed by atoms with Crippen LogP contribution in [-0.2, 0) is 16.1 Å². The van der Waals surface area contributed by atoms with Gasteiger partial charge in [-0.25, -0.2) is 0 Å². The zero-order valence-electron chi connectivity index (χ0n) is 24.0. The number of pyridine rings is 1. The topological polar surface area (TPSA) is 110 Å². The summed E-state index contributed by atoms with van der Waals surface area (Å²) < 4.78 is 12.1. The summed E-state index contributed by atoms with van der Waals surface area (Å²) in [5, 5.41) is 5.99. The molecule has 1 saturated heterocycles. The van der Waals surface area contributed by atoms with Gasteiger partial charge in [-0.15, -0.1) is 0 Å². The van der Waals surface area contributed by atoms with Crippen LogP contribution < -0.4 is 20.1 Å². The van der Waals surface area contributed by atoms with Crippen LogP contribution in [0.4, 0.5) is 0 Å². The molecule has 0 unspecified atom stereocenters. The number of rotatable bonds is 2. The van der Waals surface area contributed by atoms with Crippen LogP contribution in [0, 0.1) is 0 Å². The third-order valence-electron chi connectivity index (χ3n) is 7.63. The Morgan fingerprint density at radius 2 is 1.70 bits per heavy atom. The van der Waals surface area contributed by atoms with Crippen LogP contribution in [0.15, 0.2) is 103 Å². The zero-order chi connectivity index (χ0) is 30.3. The fraction of sp³-hybridized carbons (Fsp3) is 0.200. The molecule has 0 spiro atoms. The average Bonchev–Trinajstić information content (AvgIpc) is 3.07. The maximum atomic E-state index is 13.6. The number of aromatic nitrogens is 1. The molecule has 2 N–H and O–H groups in total. The summed E-state index contributed by atoms with van der Waals surface area (Å²) in [6.45, 7) is 0.978. The lowest BCUT2D eigenvalue weighted by molar-refractivity contribution is -0.128. The molecular formula is C35H32N4O5. The molecule has 1 aromatic heterocycles. The molecule has 3 aliphatic heterocycles. The fourth-order valence-electron chi connectivity index (χ4n) is 5.25. The Labute approximate surface area is 255 Å². The first-order chi connectivity index (χ1) is 21.5. The van der Waals surface area contributed by atoms with E-state index in [1.54, 1.807) is 41.4 Å². The van der Waals surface area contributed by atoms with Crippen LogP contribution in [0.1, 0.15) is 27.9 Å². The molecule has 9 nitrogen and oxygen atoms in total. The van der Waals surface area contributed by atoms with Crippen LogP contribution in [0.25, 0.3) is 17.2 Å². The van der Waals surface area contributed by atoms with Gasteiger partial charge in [0.1, 0.15) is 17.6 Å². The normalized spacial score (nSPS) is 18.8. The van der Waals surface area contributed by atoms with Gasteiger partial charge in [-0.3, -0.25) is 19.4 Å². The maximum Gasteiger partial charge on any atom is 0.258 e. The number of amides is 3. The molecule has 2 atom stereocenters. The molecule has 3 aromatic carbocycles. The number of likely N-dealkylation sites (tertiary alicyclic amines) is 1. The van der Waals surface area contributed by atoms with Crippen LogP contribution in [0.5, 0.6) is 11.5 Å². The van der Waals surface area contributed by atoms with Crippen LogP contribution in [-0.4, -0.2) is 59.4 Å². The van der Waals surface area contributed by atoms with Crippen molar-refractivity contribution in [3.63, 3.8) is 0 Å². The monoisotopic (exact) mass is 588 g/mol. The van der Waals surface area contributed by atoms with Gasteiger partial charge in [0.15, 0.2) is 6.61 Å². The number of hydrogen-bond donors (Lipinski definition) is 2. The quantitative estimate of drug-likeness (QED) is 0.339. The lowest BCUT2D eigenvalue weighted by atomic mass is 10.00. The molecule has 4 heterocycles. The number of piperidine rings is 1. The van der Waals surface area contributed by atoms with E-state index in [9.17, 15) is 14.4 Å². The number of carbonyl (C=O) groups is 3. The standard InChI is InChI=1S/C35H32N4O5/c40-33-23-43-30-8-4-7-26(18-30)27-17-28(21-36-20-27)35(42)38-31-22-39(34(41)14-11-24-5-2-1-3-6-24)16-15-32(31)44-29-12-9-25(10-13-29)19-37-33/h1-14,17-18,20-21,31-32H,15-16,19,22-23H2,(H,37,40)(H,38,42)/b14-11+/t31-,32+/m1/s1. The Bertz CT molecular complexity index is 1670. The highest BCUT2D eigenvalue weighted by molar-refractivity contribution is 5.95. The van der Waals surface area contributed by atoms with Crippen molar-refractivity contribution in [2.24, 2.45) is 0 Å². The third kappa shape index (κ3) is 7.12. The van der Waals surface area contributed by atoms with Crippen LogP contribution >= 0.6 is 0 Å². The Balaban J connectivity index is 1.27. The molecule has 0 radical (unpaired) electrons. The van der Waals surface area contributed by atoms with Gasteiger partial charge in [0, 0.05) is 50.1 Å². The number of hydrogen-bond acceptors (Lipinski definition) is 6. The molecule has 1 fully saturated rings. The minimum atomic E-state index is -0.477. The van der Waals surface area contributed by atoms with Crippen LogP contribution in [0.3, 0.4) is 0 Å². The molecule has 0 aliphatic carbocycles. The molecule has 4 aromatic rings. The van der Waals surface area contributed by atoms with E-state index < -0.39 is 6.04 Å². The highest BCUT2D eigenvalue weighted by Gasteiger charge is 2.34. The van der Waals surface area contributed by atoms with Gasteiger partial charge >= 0.3 is 0 Å². The van der Waals surface area contributed by atoms with Gasteiger partial charge < -0.3 is 25.0 Å². The van der Waals surface area contributed by atoms with Crippen LogP contribution in [0.2, 0.25) is 0 Å². The molecule has 222 valence electrons. The molecule has 44 heavy (non-hydrogen) atoms. The van der Waals surface area contributed by atoms with E-state index in [4.69, 9.17) is 9.47 Å². The first-order valence-electron chi connectivity index (χ1n) is 14.5. The molecule has 0 saturated carbocycles. The second-order valence-corrected chi connectivity index (χ2v) is 10.8. The summed E-state index contributed by atoms with van der Waals surface area (Å²) in [4.78, 5) is 45.2. The SMILES string of the molecule is O=C1COc2cccc(c2)-c2cncc(c2)C(=O)N[C@@H]2CN(C(=O)/C=C/c3ccccc3)CC[C@@H]2Oc2ccc(cc2)CN1. The van der Waals surface area contributed by atoms with E-state index in [1.807, 2.05) is 66.7 Å². The zero-order valence-corrected chi connectivity index (χ0v) is 24.0. The van der Waals surface area contributed by atoms with E-state index in [0.717, 1.165) is 22.3 Å². The summed E-state index contributed by atoms with van der Waals surface area (Å²) >= 11 is 0. The van der Waals surface area contributed by atoms with Crippen molar-refractivity contribution in [3.05, 3.63) is 120 Å². The lowest BCUT2D eigenvalue weighted by Gasteiger charge is -2.38. The first-order valence-corrected chi connectivity index (χ1v) is 14.5. The number of ether oxygens (including phenoxy) is 2. The smallest absolute Gasteiger partial charge is 0.258 e. The summed E-state index contributed by atoms with van der Waals surface area (Å²) in [6, 6.07) is 25.7. The molecule has 6 bridgehead atoms. The van der Waals surface area contributed by atoms with Gasteiger partial charge in [0.05, 0.1) is 11.6 Å². The number of benzene rings is 3. The number of fused-ring (bicyclic) bond motifs is 7. The molecule has 7 rings (SSSR count). The van der Waals surface area contributed by atoms with E-state index >= 15 is 0 Å². The summed E-state index contributed by atoms with van der Waals surface area (Å²) in [5.74, 6) is 0.465. The fourth-order valence-corrected chi connectivity index (χ4v) is 5.25. The second kappa shape index (κ2) is 13.2. The van der Waals surface area contributed by atoms with Crippen molar-refractivity contribution in [3.8, 4) is 22.6 Å². The Morgan fingerprint density at radius 1 is 0.886 bits per heavy atom. The highest BCUT2D eigenvalue weighted by Crippen LogP contribution is 2.25. The summed E-state index contributed by atoms with van der Waals surface area (Å²) in [7, 11) is 0. The Morgan fingerprint density at radius 3 is 2.55 bits per heavy atom. The molecule has 9 heteroatoms. The van der Waals surface area contributed by atoms with Gasteiger partial charge in [0.2, 0.25) is 5.91 Å². The Hall–Kier alpha value is -5.44. The predicted octanol–water partition coefficient (Wildman–Crippen LogP) is 4.25. The number of carbonyl (C=O) groups excluding carboxylic acids is 3. The highest BCUT2D eigenvalue weighted by atomic mass is 16.5. The van der Waals surface area contributed by atoms with Gasteiger partial charge in [0.25, 0.3) is 11.8 Å².